The van der Waals surface area contributed by atoms with E-state index in [1.807, 2.05) is 59.0 Å². The highest BCUT2D eigenvalue weighted by atomic mass is 16.2. The Bertz CT molecular complexity index is 649. The minimum absolute atomic E-state index is 0.239. The lowest BCUT2D eigenvalue weighted by Crippen LogP contribution is -2.49. The Morgan fingerprint density at radius 1 is 1.09 bits per heavy atom. The van der Waals surface area contributed by atoms with Crippen molar-refractivity contribution in [3.8, 4) is 0 Å². The molecule has 1 saturated heterocycles. The van der Waals surface area contributed by atoms with Gasteiger partial charge in [-0.25, -0.2) is 4.79 Å². The second-order valence-corrected chi connectivity index (χ2v) is 4.22. The molecule has 1 fully saturated rings. The van der Waals surface area contributed by atoms with Crippen molar-refractivity contribution in [2.75, 3.05) is 11.4 Å². The maximum Gasteiger partial charge on any atom is 0.329 e. The molecule has 2 heterocycles. The van der Waals surface area contributed by atoms with Crippen molar-refractivity contribution in [2.24, 2.45) is 7.05 Å². The Morgan fingerprint density at radius 2 is 1.73 bits per heavy atom. The maximum absolute atomic E-state index is 11.8. The van der Waals surface area contributed by atoms with Gasteiger partial charge in [0, 0.05) is 25.4 Å². The number of amides is 3. The Morgan fingerprint density at radius 3 is 2.36 bits per heavy atom. The zero-order valence-corrected chi connectivity index (χ0v) is 13.9. The summed E-state index contributed by atoms with van der Waals surface area (Å²) in [5.41, 5.74) is 0.956. The lowest BCUT2D eigenvalue weighted by molar-refractivity contribution is -0.120. The molecule has 1 aromatic carbocycles. The van der Waals surface area contributed by atoms with Crippen molar-refractivity contribution in [1.82, 2.24) is 15.1 Å². The zero-order chi connectivity index (χ0) is 16.7. The number of carbonyl (C=O) groups excluding carboxylic acids is 2. The molecule has 1 aliphatic rings. The molecular weight excluding hydrogens is 280 g/mol. The van der Waals surface area contributed by atoms with E-state index >= 15 is 0 Å². The summed E-state index contributed by atoms with van der Waals surface area (Å²) in [5, 5.41) is 7.57. The zero-order valence-electron chi connectivity index (χ0n) is 13.9. The number of aryl methyl sites for hydroxylation is 1. The third-order valence-corrected chi connectivity index (χ3v) is 3.05. The lowest BCUT2D eigenvalue weighted by Gasteiger charge is -2.24. The number of benzene rings is 1. The van der Waals surface area contributed by atoms with Gasteiger partial charge >= 0.3 is 6.03 Å². The predicted octanol–water partition coefficient (Wildman–Crippen LogP) is 3.07. The molecule has 2 aromatic rings. The van der Waals surface area contributed by atoms with E-state index in [0.29, 0.717) is 18.8 Å². The van der Waals surface area contributed by atoms with Gasteiger partial charge < -0.3 is 0 Å². The number of anilines is 1. The number of hydrogen-bond acceptors (Lipinski definition) is 3. The SMILES string of the molecule is CC.CC.Cn1nc(N2CCC(=O)NC2=O)c2ccccc21. The van der Waals surface area contributed by atoms with Crippen molar-refractivity contribution < 1.29 is 9.59 Å². The lowest BCUT2D eigenvalue weighted by atomic mass is 10.2. The molecule has 3 amide bonds. The Hall–Kier alpha value is -2.37. The quantitative estimate of drug-likeness (QED) is 0.880. The highest BCUT2D eigenvalue weighted by Gasteiger charge is 2.27. The predicted molar refractivity (Wildman–Crippen MR) is 88.9 cm³/mol. The van der Waals surface area contributed by atoms with Crippen molar-refractivity contribution in [3.63, 3.8) is 0 Å². The highest BCUT2D eigenvalue weighted by Crippen LogP contribution is 2.26. The Kier molecular flexibility index (Phi) is 6.56. The molecule has 0 unspecified atom stereocenters. The number of imide groups is 1. The van der Waals surface area contributed by atoms with Gasteiger partial charge in [0.15, 0.2) is 5.82 Å². The van der Waals surface area contributed by atoms with Crippen molar-refractivity contribution in [3.05, 3.63) is 24.3 Å². The molecule has 1 aliphatic heterocycles. The summed E-state index contributed by atoms with van der Waals surface area (Å²) in [4.78, 5) is 24.4. The van der Waals surface area contributed by atoms with Crippen LogP contribution in [0.3, 0.4) is 0 Å². The molecule has 6 nitrogen and oxygen atoms in total. The topological polar surface area (TPSA) is 67.2 Å². The van der Waals surface area contributed by atoms with E-state index in [1.165, 1.54) is 4.90 Å². The van der Waals surface area contributed by atoms with Gasteiger partial charge in [-0.1, -0.05) is 39.8 Å². The molecule has 1 N–H and O–H groups in total. The molecule has 0 spiro atoms. The molecule has 1 aromatic heterocycles. The number of rotatable bonds is 1. The first-order valence-electron chi connectivity index (χ1n) is 7.70. The average molecular weight is 304 g/mol. The van der Waals surface area contributed by atoms with Gasteiger partial charge in [0.2, 0.25) is 5.91 Å². The van der Waals surface area contributed by atoms with E-state index in [9.17, 15) is 9.59 Å². The van der Waals surface area contributed by atoms with Gasteiger partial charge in [-0.05, 0) is 12.1 Å². The summed E-state index contributed by atoms with van der Waals surface area (Å²) in [7, 11) is 1.83. The first-order valence-corrected chi connectivity index (χ1v) is 7.70. The molecule has 0 bridgehead atoms. The summed E-state index contributed by atoms with van der Waals surface area (Å²) in [6.07, 6.45) is 0.302. The summed E-state index contributed by atoms with van der Waals surface area (Å²) < 4.78 is 1.73. The number of carbonyl (C=O) groups is 2. The number of hydrogen-bond donors (Lipinski definition) is 1. The van der Waals surface area contributed by atoms with Crippen molar-refractivity contribution >= 4 is 28.7 Å². The number of fused-ring (bicyclic) bond motifs is 1. The smallest absolute Gasteiger partial charge is 0.278 e. The fourth-order valence-corrected chi connectivity index (χ4v) is 2.16. The van der Waals surface area contributed by atoms with Gasteiger partial charge in [0.1, 0.15) is 0 Å². The van der Waals surface area contributed by atoms with E-state index in [4.69, 9.17) is 0 Å². The van der Waals surface area contributed by atoms with Crippen LogP contribution in [0.1, 0.15) is 34.1 Å². The number of nitrogens with zero attached hydrogens (tertiary/aromatic N) is 3. The minimum Gasteiger partial charge on any atom is -0.278 e. The summed E-state index contributed by atoms with van der Waals surface area (Å²) in [5.74, 6) is 0.356. The van der Waals surface area contributed by atoms with Crippen LogP contribution in [0.2, 0.25) is 0 Å². The number of aromatic nitrogens is 2. The third-order valence-electron chi connectivity index (χ3n) is 3.05. The first-order chi connectivity index (χ1) is 10.7. The Balaban J connectivity index is 0.000000561. The summed E-state index contributed by atoms with van der Waals surface area (Å²) in [6.45, 7) is 8.37. The van der Waals surface area contributed by atoms with Crippen LogP contribution < -0.4 is 10.2 Å². The van der Waals surface area contributed by atoms with Crippen molar-refractivity contribution in [1.29, 1.82) is 0 Å². The number of nitrogens with one attached hydrogen (secondary N) is 1. The van der Waals surface area contributed by atoms with Crippen LogP contribution in [-0.4, -0.2) is 28.3 Å². The van der Waals surface area contributed by atoms with E-state index < -0.39 is 6.03 Å². The number of urea groups is 1. The summed E-state index contributed by atoms with van der Waals surface area (Å²) in [6, 6.07) is 7.28. The van der Waals surface area contributed by atoms with Crippen LogP contribution in [-0.2, 0) is 11.8 Å². The van der Waals surface area contributed by atoms with Crippen molar-refractivity contribution in [2.45, 2.75) is 34.1 Å². The van der Waals surface area contributed by atoms with Crippen LogP contribution >= 0.6 is 0 Å². The Labute approximate surface area is 131 Å². The number of para-hydroxylation sites is 1. The monoisotopic (exact) mass is 304 g/mol. The fourth-order valence-electron chi connectivity index (χ4n) is 2.16. The van der Waals surface area contributed by atoms with Crippen LogP contribution in [0.15, 0.2) is 24.3 Å². The molecule has 120 valence electrons. The van der Waals surface area contributed by atoms with E-state index in [0.717, 1.165) is 10.9 Å². The van der Waals surface area contributed by atoms with Gasteiger partial charge in [-0.3, -0.25) is 19.7 Å². The highest BCUT2D eigenvalue weighted by molar-refractivity contribution is 6.08. The maximum atomic E-state index is 11.8. The first kappa shape index (κ1) is 17.7. The largest absolute Gasteiger partial charge is 0.329 e. The van der Waals surface area contributed by atoms with Crippen LogP contribution in [0.4, 0.5) is 10.6 Å². The van der Waals surface area contributed by atoms with Crippen LogP contribution in [0.25, 0.3) is 10.9 Å². The van der Waals surface area contributed by atoms with Gasteiger partial charge in [-0.15, -0.1) is 0 Å². The summed E-state index contributed by atoms with van der Waals surface area (Å²) >= 11 is 0. The minimum atomic E-state index is -0.407. The molecule has 0 saturated carbocycles. The van der Waals surface area contributed by atoms with Gasteiger partial charge in [0.05, 0.1) is 5.52 Å². The second kappa shape index (κ2) is 8.17. The normalized spacial score (nSPS) is 13.8. The van der Waals surface area contributed by atoms with Gasteiger partial charge in [-0.2, -0.15) is 5.10 Å². The van der Waals surface area contributed by atoms with Crippen LogP contribution in [0, 0.1) is 0 Å². The molecular formula is C16H24N4O2. The van der Waals surface area contributed by atoms with Crippen LogP contribution in [0.5, 0.6) is 0 Å². The average Bonchev–Trinajstić information content (AvgIpc) is 2.89. The van der Waals surface area contributed by atoms with E-state index in [-0.39, 0.29) is 5.91 Å². The molecule has 6 heteroatoms. The second-order valence-electron chi connectivity index (χ2n) is 4.22. The van der Waals surface area contributed by atoms with Gasteiger partial charge in [0.25, 0.3) is 0 Å². The molecule has 3 rings (SSSR count). The van der Waals surface area contributed by atoms with E-state index in [2.05, 4.69) is 10.4 Å². The third kappa shape index (κ3) is 3.44. The molecule has 0 aliphatic carbocycles. The van der Waals surface area contributed by atoms with E-state index in [1.54, 1.807) is 4.68 Å². The molecule has 0 radical (unpaired) electrons. The fraction of sp³-hybridized carbons (Fsp3) is 0.438. The molecule has 22 heavy (non-hydrogen) atoms. The molecule has 0 atom stereocenters. The standard InChI is InChI=1S/C12H12N4O2.2C2H6/c1-15-9-5-3-2-4-8(9)11(14-15)16-7-6-10(17)13-12(16)18;2*1-2/h2-5H,6-7H2,1H3,(H,13,17,18);2*1-2H3.